The van der Waals surface area contributed by atoms with Crippen LogP contribution in [0.4, 0.5) is 0 Å². The molecule has 0 saturated carbocycles. The Kier molecular flexibility index (Phi) is 3.23. The number of halogens is 1. The number of nitrogens with two attached hydrogens (primary N) is 1. The lowest BCUT2D eigenvalue weighted by Crippen LogP contribution is -2.36. The van der Waals surface area contributed by atoms with Crippen LogP contribution in [-0.4, -0.2) is 5.54 Å². The molecule has 1 aliphatic rings. The van der Waals surface area contributed by atoms with Crippen LogP contribution in [0.1, 0.15) is 26.2 Å². The van der Waals surface area contributed by atoms with Gasteiger partial charge in [0.05, 0.1) is 0 Å². The molecule has 0 aliphatic heterocycles. The van der Waals surface area contributed by atoms with Gasteiger partial charge in [0.1, 0.15) is 0 Å². The van der Waals surface area contributed by atoms with Crippen molar-refractivity contribution in [3.63, 3.8) is 0 Å². The molecular formula is C7H14ClN. The van der Waals surface area contributed by atoms with E-state index in [1.165, 1.54) is 0 Å². The SMILES string of the molecule is CC1(N)CC=CCC1.Cl. The first-order chi connectivity index (χ1) is 3.71. The smallest absolute Gasteiger partial charge is 0.0163 e. The zero-order chi connectivity index (χ0) is 6.04. The van der Waals surface area contributed by atoms with Gasteiger partial charge in [-0.1, -0.05) is 12.2 Å². The summed E-state index contributed by atoms with van der Waals surface area (Å²) in [6.07, 6.45) is 7.72. The second-order valence-corrected chi connectivity index (χ2v) is 2.87. The zero-order valence-electron chi connectivity index (χ0n) is 5.76. The first-order valence-corrected chi connectivity index (χ1v) is 3.15. The van der Waals surface area contributed by atoms with E-state index >= 15 is 0 Å². The van der Waals surface area contributed by atoms with E-state index in [9.17, 15) is 0 Å². The normalized spacial score (nSPS) is 33.6. The van der Waals surface area contributed by atoms with Crippen molar-refractivity contribution in [2.45, 2.75) is 31.7 Å². The minimum atomic E-state index is 0. The summed E-state index contributed by atoms with van der Waals surface area (Å²) in [5.74, 6) is 0. The van der Waals surface area contributed by atoms with E-state index in [0.29, 0.717) is 0 Å². The van der Waals surface area contributed by atoms with E-state index in [1.807, 2.05) is 0 Å². The van der Waals surface area contributed by atoms with E-state index in [-0.39, 0.29) is 17.9 Å². The summed E-state index contributed by atoms with van der Waals surface area (Å²) in [6.45, 7) is 2.11. The summed E-state index contributed by atoms with van der Waals surface area (Å²) in [5.41, 5.74) is 5.92. The standard InChI is InChI=1S/C7H13N.ClH/c1-7(8)5-3-2-4-6-7;/h2-3H,4-6,8H2,1H3;1H. The Morgan fingerprint density at radius 3 is 2.33 bits per heavy atom. The van der Waals surface area contributed by atoms with Crippen molar-refractivity contribution in [1.82, 2.24) is 0 Å². The monoisotopic (exact) mass is 147 g/mol. The van der Waals surface area contributed by atoms with Gasteiger partial charge < -0.3 is 5.73 Å². The highest BCUT2D eigenvalue weighted by Crippen LogP contribution is 2.18. The molecule has 0 amide bonds. The second-order valence-electron chi connectivity index (χ2n) is 2.87. The third kappa shape index (κ3) is 2.87. The van der Waals surface area contributed by atoms with Crippen LogP contribution >= 0.6 is 12.4 Å². The number of allylic oxidation sites excluding steroid dienone is 1. The van der Waals surface area contributed by atoms with Crippen LogP contribution in [0.2, 0.25) is 0 Å². The fraction of sp³-hybridized carbons (Fsp3) is 0.714. The van der Waals surface area contributed by atoms with Crippen LogP contribution in [0.5, 0.6) is 0 Å². The molecule has 2 heteroatoms. The highest BCUT2D eigenvalue weighted by molar-refractivity contribution is 5.85. The molecule has 0 aromatic heterocycles. The topological polar surface area (TPSA) is 26.0 Å². The quantitative estimate of drug-likeness (QED) is 0.521. The fourth-order valence-electron chi connectivity index (χ4n) is 0.986. The molecule has 54 valence electrons. The van der Waals surface area contributed by atoms with E-state index in [4.69, 9.17) is 5.73 Å². The average molecular weight is 148 g/mol. The molecule has 1 nitrogen and oxygen atoms in total. The fourth-order valence-corrected chi connectivity index (χ4v) is 0.986. The van der Waals surface area contributed by atoms with Crippen LogP contribution in [0.3, 0.4) is 0 Å². The molecule has 0 saturated heterocycles. The van der Waals surface area contributed by atoms with Crippen LogP contribution < -0.4 is 5.73 Å². The largest absolute Gasteiger partial charge is 0.325 e. The maximum absolute atomic E-state index is 5.83. The third-order valence-electron chi connectivity index (χ3n) is 1.63. The molecule has 0 bridgehead atoms. The van der Waals surface area contributed by atoms with Crippen molar-refractivity contribution >= 4 is 12.4 Å². The van der Waals surface area contributed by atoms with Crippen molar-refractivity contribution in [2.24, 2.45) is 5.73 Å². The van der Waals surface area contributed by atoms with Crippen molar-refractivity contribution in [2.75, 3.05) is 0 Å². The number of rotatable bonds is 0. The Labute approximate surface area is 62.7 Å². The van der Waals surface area contributed by atoms with Gasteiger partial charge in [-0.2, -0.15) is 0 Å². The van der Waals surface area contributed by atoms with Crippen molar-refractivity contribution in [3.05, 3.63) is 12.2 Å². The molecule has 1 rings (SSSR count). The molecule has 0 radical (unpaired) electrons. The Morgan fingerprint density at radius 2 is 2.11 bits per heavy atom. The van der Waals surface area contributed by atoms with Gasteiger partial charge in [-0.25, -0.2) is 0 Å². The Balaban J connectivity index is 0.000000640. The van der Waals surface area contributed by atoms with Gasteiger partial charge in [-0.15, -0.1) is 12.4 Å². The van der Waals surface area contributed by atoms with Crippen LogP contribution in [0, 0.1) is 0 Å². The predicted octanol–water partition coefficient (Wildman–Crippen LogP) is 1.87. The molecule has 0 aromatic rings. The summed E-state index contributed by atoms with van der Waals surface area (Å²) >= 11 is 0. The molecule has 0 fully saturated rings. The van der Waals surface area contributed by atoms with Gasteiger partial charge >= 0.3 is 0 Å². The number of hydrogen-bond acceptors (Lipinski definition) is 1. The molecule has 9 heavy (non-hydrogen) atoms. The first-order valence-electron chi connectivity index (χ1n) is 3.15. The van der Waals surface area contributed by atoms with Crippen LogP contribution in [0.15, 0.2) is 12.2 Å². The van der Waals surface area contributed by atoms with E-state index in [1.54, 1.807) is 0 Å². The average Bonchev–Trinajstić information content (AvgIpc) is 1.65. The number of hydrogen-bond donors (Lipinski definition) is 1. The summed E-state index contributed by atoms with van der Waals surface area (Å²) in [7, 11) is 0. The van der Waals surface area contributed by atoms with Gasteiger partial charge in [0.15, 0.2) is 0 Å². The van der Waals surface area contributed by atoms with Crippen LogP contribution in [0.25, 0.3) is 0 Å². The third-order valence-corrected chi connectivity index (χ3v) is 1.63. The van der Waals surface area contributed by atoms with Crippen molar-refractivity contribution in [3.8, 4) is 0 Å². The Hall–Kier alpha value is -0.0100. The molecule has 1 unspecified atom stereocenters. The molecule has 0 spiro atoms. The van der Waals surface area contributed by atoms with Gasteiger partial charge in [0.25, 0.3) is 0 Å². The highest BCUT2D eigenvalue weighted by Gasteiger charge is 2.17. The molecule has 1 aliphatic carbocycles. The summed E-state index contributed by atoms with van der Waals surface area (Å²) < 4.78 is 0. The highest BCUT2D eigenvalue weighted by atomic mass is 35.5. The molecular weight excluding hydrogens is 134 g/mol. The lowest BCUT2D eigenvalue weighted by molar-refractivity contribution is 0.427. The second kappa shape index (κ2) is 3.23. The van der Waals surface area contributed by atoms with Gasteiger partial charge in [-0.3, -0.25) is 0 Å². The minimum Gasteiger partial charge on any atom is -0.325 e. The maximum Gasteiger partial charge on any atom is 0.0163 e. The zero-order valence-corrected chi connectivity index (χ0v) is 6.58. The van der Waals surface area contributed by atoms with Gasteiger partial charge in [0, 0.05) is 5.54 Å². The Bertz CT molecular complexity index is 107. The Morgan fingerprint density at radius 1 is 1.44 bits per heavy atom. The lowest BCUT2D eigenvalue weighted by Gasteiger charge is -2.24. The van der Waals surface area contributed by atoms with E-state index < -0.39 is 0 Å². The molecule has 0 heterocycles. The molecule has 0 aromatic carbocycles. The minimum absolute atomic E-state index is 0. The maximum atomic E-state index is 5.83. The molecule has 2 N–H and O–H groups in total. The summed E-state index contributed by atoms with van der Waals surface area (Å²) in [6, 6.07) is 0. The summed E-state index contributed by atoms with van der Waals surface area (Å²) in [4.78, 5) is 0. The van der Waals surface area contributed by atoms with E-state index in [0.717, 1.165) is 19.3 Å². The summed E-state index contributed by atoms with van der Waals surface area (Å²) in [5, 5.41) is 0. The van der Waals surface area contributed by atoms with Gasteiger partial charge in [-0.05, 0) is 26.2 Å². The molecule has 1 atom stereocenters. The van der Waals surface area contributed by atoms with Gasteiger partial charge in [0.2, 0.25) is 0 Å². The lowest BCUT2D eigenvalue weighted by atomic mass is 9.89. The van der Waals surface area contributed by atoms with E-state index in [2.05, 4.69) is 19.1 Å². The predicted molar refractivity (Wildman–Crippen MR) is 42.8 cm³/mol. The van der Waals surface area contributed by atoms with Crippen molar-refractivity contribution < 1.29 is 0 Å². The van der Waals surface area contributed by atoms with Crippen molar-refractivity contribution in [1.29, 1.82) is 0 Å². The first kappa shape index (κ1) is 8.99. The van der Waals surface area contributed by atoms with Crippen LogP contribution in [-0.2, 0) is 0 Å².